The molecule has 6 nitrogen and oxygen atoms in total. The molecule has 19 heavy (non-hydrogen) atoms. The van der Waals surface area contributed by atoms with Crippen LogP contribution in [-0.4, -0.2) is 27.7 Å². The van der Waals surface area contributed by atoms with Crippen LogP contribution < -0.4 is 10.3 Å². The molecule has 1 heterocycles. The summed E-state index contributed by atoms with van der Waals surface area (Å²) in [5, 5.41) is 9.08. The number of rotatable bonds is 3. The Hall–Kier alpha value is -2.63. The number of nitrogens with zero attached hydrogens (tertiary/aromatic N) is 2. The number of hydrogen-bond acceptors (Lipinski definition) is 4. The van der Waals surface area contributed by atoms with Crippen molar-refractivity contribution in [3.05, 3.63) is 46.4 Å². The SMILES string of the molecule is COc1nc(-c2ccccc2)c(=O)n(C)c1C(=O)O. The molecule has 0 saturated carbocycles. The molecule has 0 spiro atoms. The van der Waals surface area contributed by atoms with Gasteiger partial charge in [0.15, 0.2) is 5.69 Å². The van der Waals surface area contributed by atoms with Crippen LogP contribution in [0.4, 0.5) is 0 Å². The molecule has 98 valence electrons. The molecule has 0 bridgehead atoms. The summed E-state index contributed by atoms with van der Waals surface area (Å²) in [6.45, 7) is 0. The lowest BCUT2D eigenvalue weighted by Crippen LogP contribution is -2.27. The summed E-state index contributed by atoms with van der Waals surface area (Å²) in [5.74, 6) is -1.35. The average Bonchev–Trinajstić information content (AvgIpc) is 2.42. The number of carboxylic acid groups (broad SMARTS) is 1. The monoisotopic (exact) mass is 260 g/mol. The molecule has 0 saturated heterocycles. The largest absolute Gasteiger partial charge is 0.479 e. The first-order valence-corrected chi connectivity index (χ1v) is 5.50. The summed E-state index contributed by atoms with van der Waals surface area (Å²) in [4.78, 5) is 27.3. The van der Waals surface area contributed by atoms with Crippen LogP contribution in [0.1, 0.15) is 10.5 Å². The Kier molecular flexibility index (Phi) is 3.33. The highest BCUT2D eigenvalue weighted by molar-refractivity contribution is 5.88. The smallest absolute Gasteiger partial charge is 0.358 e. The fourth-order valence-corrected chi connectivity index (χ4v) is 1.77. The maximum absolute atomic E-state index is 12.1. The normalized spacial score (nSPS) is 10.2. The standard InChI is InChI=1S/C13H12N2O4/c1-15-10(13(17)18)11(19-2)14-9(12(15)16)8-6-4-3-5-7-8/h3-7H,1-2H3,(H,17,18). The van der Waals surface area contributed by atoms with Crippen molar-refractivity contribution in [1.29, 1.82) is 0 Å². The second kappa shape index (κ2) is 4.93. The summed E-state index contributed by atoms with van der Waals surface area (Å²) in [6.07, 6.45) is 0. The quantitative estimate of drug-likeness (QED) is 0.895. The van der Waals surface area contributed by atoms with Crippen molar-refractivity contribution in [1.82, 2.24) is 9.55 Å². The Morgan fingerprint density at radius 2 is 1.95 bits per heavy atom. The maximum atomic E-state index is 12.1. The number of aromatic nitrogens is 2. The van der Waals surface area contributed by atoms with Crippen LogP contribution >= 0.6 is 0 Å². The third kappa shape index (κ3) is 2.20. The summed E-state index contributed by atoms with van der Waals surface area (Å²) >= 11 is 0. The van der Waals surface area contributed by atoms with Crippen LogP contribution in [0.25, 0.3) is 11.3 Å². The Bertz CT molecular complexity index is 677. The second-order valence-corrected chi connectivity index (χ2v) is 3.85. The molecule has 1 N–H and O–H groups in total. The van der Waals surface area contributed by atoms with Crippen molar-refractivity contribution in [2.24, 2.45) is 7.05 Å². The molecule has 0 aliphatic heterocycles. The van der Waals surface area contributed by atoms with Gasteiger partial charge in [0, 0.05) is 12.6 Å². The van der Waals surface area contributed by atoms with Crippen LogP contribution in [0.3, 0.4) is 0 Å². The lowest BCUT2D eigenvalue weighted by molar-refractivity contribution is 0.0679. The number of carbonyl (C=O) groups is 1. The molecule has 0 amide bonds. The highest BCUT2D eigenvalue weighted by Gasteiger charge is 2.21. The first-order valence-electron chi connectivity index (χ1n) is 5.50. The van der Waals surface area contributed by atoms with E-state index in [9.17, 15) is 9.59 Å². The van der Waals surface area contributed by atoms with Crippen LogP contribution in [0, 0.1) is 0 Å². The van der Waals surface area contributed by atoms with Gasteiger partial charge in [-0.25, -0.2) is 9.78 Å². The molecule has 1 aromatic heterocycles. The Labute approximate surface area is 108 Å². The number of methoxy groups -OCH3 is 1. The van der Waals surface area contributed by atoms with E-state index in [1.165, 1.54) is 14.2 Å². The van der Waals surface area contributed by atoms with Gasteiger partial charge in [-0.2, -0.15) is 0 Å². The predicted molar refractivity (Wildman–Crippen MR) is 68.4 cm³/mol. The van der Waals surface area contributed by atoms with Crippen molar-refractivity contribution in [3.63, 3.8) is 0 Å². The minimum atomic E-state index is -1.26. The predicted octanol–water partition coefficient (Wildman–Crippen LogP) is 1.15. The zero-order valence-electron chi connectivity index (χ0n) is 10.5. The fraction of sp³-hybridized carbons (Fsp3) is 0.154. The van der Waals surface area contributed by atoms with E-state index in [1.54, 1.807) is 24.3 Å². The molecule has 2 aromatic rings. The Morgan fingerprint density at radius 3 is 2.47 bits per heavy atom. The van der Waals surface area contributed by atoms with Gasteiger partial charge in [-0.05, 0) is 0 Å². The third-order valence-electron chi connectivity index (χ3n) is 2.70. The van der Waals surface area contributed by atoms with E-state index in [1.807, 2.05) is 6.07 Å². The molecule has 0 fully saturated rings. The summed E-state index contributed by atoms with van der Waals surface area (Å²) in [5.41, 5.74) is 0.0138. The zero-order valence-corrected chi connectivity index (χ0v) is 10.5. The molecule has 2 rings (SSSR count). The molecule has 0 atom stereocenters. The molecule has 0 unspecified atom stereocenters. The maximum Gasteiger partial charge on any atom is 0.358 e. The molecule has 0 radical (unpaired) electrons. The second-order valence-electron chi connectivity index (χ2n) is 3.85. The van der Waals surface area contributed by atoms with E-state index >= 15 is 0 Å². The highest BCUT2D eigenvalue weighted by Crippen LogP contribution is 2.19. The highest BCUT2D eigenvalue weighted by atomic mass is 16.5. The van der Waals surface area contributed by atoms with Crippen molar-refractivity contribution >= 4 is 5.97 Å². The average molecular weight is 260 g/mol. The molecule has 0 aliphatic carbocycles. The fourth-order valence-electron chi connectivity index (χ4n) is 1.77. The third-order valence-corrected chi connectivity index (χ3v) is 2.70. The van der Waals surface area contributed by atoms with Crippen molar-refractivity contribution in [3.8, 4) is 17.1 Å². The summed E-state index contributed by atoms with van der Waals surface area (Å²) < 4.78 is 5.98. The molecule has 0 aliphatic rings. The molecule has 1 aromatic carbocycles. The van der Waals surface area contributed by atoms with Gasteiger partial charge >= 0.3 is 5.97 Å². The van der Waals surface area contributed by atoms with Crippen molar-refractivity contribution in [2.75, 3.05) is 7.11 Å². The minimum Gasteiger partial charge on any atom is -0.479 e. The van der Waals surface area contributed by atoms with Crippen LogP contribution in [-0.2, 0) is 7.05 Å². The first kappa shape index (κ1) is 12.8. The van der Waals surface area contributed by atoms with Gasteiger partial charge in [-0.1, -0.05) is 30.3 Å². The van der Waals surface area contributed by atoms with E-state index in [-0.39, 0.29) is 17.3 Å². The van der Waals surface area contributed by atoms with E-state index in [0.29, 0.717) is 5.56 Å². The first-order chi connectivity index (χ1) is 9.06. The number of aromatic carboxylic acids is 1. The zero-order chi connectivity index (χ0) is 14.0. The van der Waals surface area contributed by atoms with Crippen molar-refractivity contribution < 1.29 is 14.6 Å². The van der Waals surface area contributed by atoms with E-state index in [0.717, 1.165) is 4.57 Å². The number of hydrogen-bond donors (Lipinski definition) is 1. The van der Waals surface area contributed by atoms with Gasteiger partial charge in [0.25, 0.3) is 5.56 Å². The number of benzene rings is 1. The number of ether oxygens (including phenoxy) is 1. The van der Waals surface area contributed by atoms with Crippen LogP contribution in [0.5, 0.6) is 5.88 Å². The van der Waals surface area contributed by atoms with E-state index in [2.05, 4.69) is 4.98 Å². The van der Waals surface area contributed by atoms with Crippen LogP contribution in [0.2, 0.25) is 0 Å². The van der Waals surface area contributed by atoms with Gasteiger partial charge in [-0.15, -0.1) is 0 Å². The van der Waals surface area contributed by atoms with Gasteiger partial charge < -0.3 is 9.84 Å². The lowest BCUT2D eigenvalue weighted by Gasteiger charge is -2.10. The van der Waals surface area contributed by atoms with Crippen molar-refractivity contribution in [2.45, 2.75) is 0 Å². The molecular weight excluding hydrogens is 248 g/mol. The number of carboxylic acids is 1. The lowest BCUT2D eigenvalue weighted by atomic mass is 10.1. The van der Waals surface area contributed by atoms with Gasteiger partial charge in [0.2, 0.25) is 5.88 Å². The van der Waals surface area contributed by atoms with Gasteiger partial charge in [0.1, 0.15) is 5.69 Å². The Morgan fingerprint density at radius 1 is 1.32 bits per heavy atom. The van der Waals surface area contributed by atoms with Gasteiger partial charge in [0.05, 0.1) is 7.11 Å². The van der Waals surface area contributed by atoms with Gasteiger partial charge in [-0.3, -0.25) is 9.36 Å². The van der Waals surface area contributed by atoms with Crippen LogP contribution in [0.15, 0.2) is 35.1 Å². The molecule has 6 heteroatoms. The topological polar surface area (TPSA) is 81.4 Å². The van der Waals surface area contributed by atoms with E-state index in [4.69, 9.17) is 9.84 Å². The summed E-state index contributed by atoms with van der Waals surface area (Å²) in [6, 6.07) is 8.81. The van der Waals surface area contributed by atoms with E-state index < -0.39 is 11.5 Å². The Balaban J connectivity index is 2.76. The minimum absolute atomic E-state index is 0.0894. The summed E-state index contributed by atoms with van der Waals surface area (Å²) in [7, 11) is 2.69. The molecular formula is C13H12N2O4.